The summed E-state index contributed by atoms with van der Waals surface area (Å²) in [5.74, 6) is 0.906. The third kappa shape index (κ3) is 4.94. The van der Waals surface area contributed by atoms with E-state index in [2.05, 4.69) is 19.2 Å². The van der Waals surface area contributed by atoms with Gasteiger partial charge in [0.1, 0.15) is 5.75 Å². The van der Waals surface area contributed by atoms with Gasteiger partial charge in [-0.1, -0.05) is 62.0 Å². The van der Waals surface area contributed by atoms with Crippen LogP contribution in [0.1, 0.15) is 38.3 Å². The largest absolute Gasteiger partial charge is 0.497 e. The van der Waals surface area contributed by atoms with Gasteiger partial charge in [0, 0.05) is 17.7 Å². The lowest BCUT2D eigenvalue weighted by molar-refractivity contribution is -0.118. The molecule has 0 bridgehead atoms. The fraction of sp³-hybridized carbons (Fsp3) is 0.258. The van der Waals surface area contributed by atoms with Crippen LogP contribution < -0.4 is 15.0 Å². The van der Waals surface area contributed by atoms with Gasteiger partial charge in [-0.3, -0.25) is 14.5 Å². The smallest absolute Gasteiger partial charge is 0.238 e. The number of methoxy groups -OCH3 is 1. The number of para-hydroxylation sites is 3. The van der Waals surface area contributed by atoms with E-state index in [9.17, 15) is 9.59 Å². The maximum Gasteiger partial charge on any atom is 0.238 e. The van der Waals surface area contributed by atoms with Gasteiger partial charge >= 0.3 is 0 Å². The zero-order valence-corrected chi connectivity index (χ0v) is 23.7. The van der Waals surface area contributed by atoms with Crippen molar-refractivity contribution in [3.05, 3.63) is 89.6 Å². The molecule has 0 fully saturated rings. The van der Waals surface area contributed by atoms with E-state index in [0.717, 1.165) is 49.4 Å². The Hall–Kier alpha value is -3.62. The number of fused-ring (bicyclic) bond motifs is 2. The normalized spacial score (nSPS) is 18.3. The van der Waals surface area contributed by atoms with Crippen LogP contribution in [0, 0.1) is 5.41 Å². The first-order valence-electron chi connectivity index (χ1n) is 12.9. The highest BCUT2D eigenvalue weighted by molar-refractivity contribution is 8.01. The van der Waals surface area contributed by atoms with Crippen LogP contribution in [0.2, 0.25) is 0 Å². The van der Waals surface area contributed by atoms with Crippen LogP contribution in [0.5, 0.6) is 5.75 Å². The van der Waals surface area contributed by atoms with E-state index >= 15 is 0 Å². The summed E-state index contributed by atoms with van der Waals surface area (Å²) in [5, 5.41) is 3.57. The number of nitrogens with one attached hydrogen (secondary N) is 1. The minimum Gasteiger partial charge on any atom is -0.497 e. The van der Waals surface area contributed by atoms with E-state index in [-0.39, 0.29) is 22.9 Å². The third-order valence-electron chi connectivity index (χ3n) is 7.19. The van der Waals surface area contributed by atoms with Crippen molar-refractivity contribution in [1.82, 2.24) is 4.98 Å². The van der Waals surface area contributed by atoms with Gasteiger partial charge in [-0.15, -0.1) is 11.3 Å². The van der Waals surface area contributed by atoms with E-state index in [1.807, 2.05) is 77.7 Å². The number of ether oxygens (including phenoxy) is 1. The minimum absolute atomic E-state index is 0.0685. The van der Waals surface area contributed by atoms with Gasteiger partial charge in [0.25, 0.3) is 0 Å². The summed E-state index contributed by atoms with van der Waals surface area (Å²) < 4.78 is 7.34. The molecule has 2 aliphatic rings. The Bertz CT molecular complexity index is 1570. The number of thiazole rings is 1. The number of carbonyl (C=O) groups is 2. The van der Waals surface area contributed by atoms with E-state index in [1.165, 1.54) is 11.8 Å². The Kier molecular flexibility index (Phi) is 6.69. The maximum atomic E-state index is 14.2. The van der Waals surface area contributed by atoms with Crippen LogP contribution in [0.25, 0.3) is 10.2 Å². The molecule has 3 aromatic carbocycles. The number of Topliss-reactive ketones (excluding diaryl/α,β-unsaturated/α-hetero) is 1. The second-order valence-corrected chi connectivity index (χ2v) is 12.9. The molecule has 1 aromatic heterocycles. The Morgan fingerprint density at radius 2 is 1.82 bits per heavy atom. The molecule has 6 nitrogen and oxygen atoms in total. The number of anilines is 2. The molecular formula is C31H29N3O3S2. The second-order valence-electron chi connectivity index (χ2n) is 10.7. The molecule has 0 spiro atoms. The Morgan fingerprint density at radius 1 is 1.08 bits per heavy atom. The van der Waals surface area contributed by atoms with Crippen LogP contribution in [-0.2, 0) is 9.59 Å². The molecule has 1 amide bonds. The maximum absolute atomic E-state index is 14.2. The predicted octanol–water partition coefficient (Wildman–Crippen LogP) is 7.24. The molecule has 1 N–H and O–H groups in total. The fourth-order valence-electron chi connectivity index (χ4n) is 5.47. The quantitative estimate of drug-likeness (QED) is 0.262. The van der Waals surface area contributed by atoms with Crippen molar-refractivity contribution in [1.29, 1.82) is 0 Å². The molecule has 1 aliphatic heterocycles. The summed E-state index contributed by atoms with van der Waals surface area (Å²) >= 11 is 3.02. The highest BCUT2D eigenvalue weighted by Gasteiger charge is 2.43. The molecule has 198 valence electrons. The molecule has 4 aromatic rings. The van der Waals surface area contributed by atoms with E-state index in [4.69, 9.17) is 9.72 Å². The monoisotopic (exact) mass is 555 g/mol. The average Bonchev–Trinajstić information content (AvgIpc) is 3.28. The lowest BCUT2D eigenvalue weighted by Crippen LogP contribution is -2.40. The number of rotatable bonds is 5. The summed E-state index contributed by atoms with van der Waals surface area (Å²) in [6.07, 6.45) is 1.15. The summed E-state index contributed by atoms with van der Waals surface area (Å²) in [7, 11) is 1.63. The predicted molar refractivity (Wildman–Crippen MR) is 159 cm³/mol. The number of thioether (sulfide) groups is 1. The van der Waals surface area contributed by atoms with Gasteiger partial charge in [0.2, 0.25) is 5.91 Å². The molecule has 1 atom stereocenters. The van der Waals surface area contributed by atoms with Crippen molar-refractivity contribution in [2.75, 3.05) is 23.1 Å². The van der Waals surface area contributed by atoms with Gasteiger partial charge in [-0.25, -0.2) is 4.98 Å². The molecule has 0 unspecified atom stereocenters. The van der Waals surface area contributed by atoms with E-state index in [0.29, 0.717) is 12.0 Å². The summed E-state index contributed by atoms with van der Waals surface area (Å²) in [5.41, 5.74) is 4.76. The SMILES string of the molecule is COc1ccc([C@H]2C3=C(CC(C)(C)CC3=O)Nc3ccccc3N2C(=O)CSc2nc3ccccc3s2)cc1. The average molecular weight is 556 g/mol. The fourth-order valence-corrected chi connectivity index (χ4v) is 7.40. The van der Waals surface area contributed by atoms with E-state index < -0.39 is 6.04 Å². The number of hydrogen-bond donors (Lipinski definition) is 1. The van der Waals surface area contributed by atoms with Crippen LogP contribution in [0.3, 0.4) is 0 Å². The van der Waals surface area contributed by atoms with Crippen molar-refractivity contribution >= 4 is 56.4 Å². The topological polar surface area (TPSA) is 71.5 Å². The number of carbonyl (C=O) groups excluding carboxylic acids is 2. The van der Waals surface area contributed by atoms with Gasteiger partial charge in [0.05, 0.1) is 40.5 Å². The number of nitrogens with zero attached hydrogens (tertiary/aromatic N) is 2. The zero-order chi connectivity index (χ0) is 27.1. The standard InChI is InChI=1S/C31H29N3O3S2/c1-31(2)16-23-28(25(35)17-31)29(19-12-14-20(37-3)15-13-19)34(24-10-6-4-8-21(24)32-23)27(36)18-38-30-33-22-9-5-7-11-26(22)39-30/h4-15,29,32H,16-18H2,1-3H3/t29-/m0/s1. The molecule has 8 heteroatoms. The van der Waals surface area contributed by atoms with Crippen LogP contribution in [0.15, 0.2) is 88.4 Å². The van der Waals surface area contributed by atoms with Crippen LogP contribution in [0.4, 0.5) is 11.4 Å². The Balaban J connectivity index is 1.45. The van der Waals surface area contributed by atoms with Crippen LogP contribution in [-0.4, -0.2) is 29.5 Å². The molecule has 0 saturated carbocycles. The molecule has 1 aliphatic carbocycles. The number of aromatic nitrogens is 1. The van der Waals surface area contributed by atoms with Crippen molar-refractivity contribution in [2.45, 2.75) is 37.1 Å². The van der Waals surface area contributed by atoms with Crippen molar-refractivity contribution in [3.8, 4) is 5.75 Å². The first kappa shape index (κ1) is 25.6. The zero-order valence-electron chi connectivity index (χ0n) is 22.1. The Labute approximate surface area is 236 Å². The molecule has 0 radical (unpaired) electrons. The van der Waals surface area contributed by atoms with Crippen molar-refractivity contribution in [3.63, 3.8) is 0 Å². The molecular weight excluding hydrogens is 526 g/mol. The number of ketones is 1. The first-order chi connectivity index (χ1) is 18.8. The van der Waals surface area contributed by atoms with Gasteiger partial charge in [0.15, 0.2) is 10.1 Å². The van der Waals surface area contributed by atoms with Gasteiger partial charge in [-0.2, -0.15) is 0 Å². The lowest BCUT2D eigenvalue weighted by atomic mass is 9.73. The second kappa shape index (κ2) is 10.2. The lowest BCUT2D eigenvalue weighted by Gasteiger charge is -2.37. The van der Waals surface area contributed by atoms with E-state index in [1.54, 1.807) is 18.4 Å². The molecule has 2 heterocycles. The van der Waals surface area contributed by atoms with Gasteiger partial charge < -0.3 is 10.1 Å². The molecule has 39 heavy (non-hydrogen) atoms. The summed E-state index contributed by atoms with van der Waals surface area (Å²) in [6.45, 7) is 4.24. The van der Waals surface area contributed by atoms with Crippen molar-refractivity contribution < 1.29 is 14.3 Å². The number of benzene rings is 3. The van der Waals surface area contributed by atoms with Crippen LogP contribution >= 0.6 is 23.1 Å². The Morgan fingerprint density at radius 3 is 2.59 bits per heavy atom. The highest BCUT2D eigenvalue weighted by Crippen LogP contribution is 2.48. The van der Waals surface area contributed by atoms with Crippen molar-refractivity contribution in [2.24, 2.45) is 5.41 Å². The molecule has 6 rings (SSSR count). The number of hydrogen-bond acceptors (Lipinski definition) is 7. The third-order valence-corrected chi connectivity index (χ3v) is 9.36. The first-order valence-corrected chi connectivity index (χ1v) is 14.7. The minimum atomic E-state index is -0.561. The van der Waals surface area contributed by atoms with Gasteiger partial charge in [-0.05, 0) is 53.8 Å². The highest BCUT2D eigenvalue weighted by atomic mass is 32.2. The summed E-state index contributed by atoms with van der Waals surface area (Å²) in [4.78, 5) is 34.6. The summed E-state index contributed by atoms with van der Waals surface area (Å²) in [6, 6.07) is 22.9. The molecule has 0 saturated heterocycles. The number of allylic oxidation sites excluding steroid dienone is 1. The number of amides is 1.